The number of carbonyl (C=O) groups excluding carboxylic acids is 4. The van der Waals surface area contributed by atoms with Crippen LogP contribution in [0.15, 0.2) is 0 Å². The highest BCUT2D eigenvalue weighted by molar-refractivity contribution is 7.47. The molecule has 0 bridgehead atoms. The molecule has 17 nitrogen and oxygen atoms in total. The minimum atomic E-state index is -4.96. The Morgan fingerprint density at radius 3 is 0.792 bits per heavy atom. The lowest BCUT2D eigenvalue weighted by Crippen LogP contribution is -2.30. The highest BCUT2D eigenvalue weighted by Gasteiger charge is 2.30. The minimum Gasteiger partial charge on any atom is -0.462 e. The fraction of sp³-hybridized carbons (Fsp3) is 0.948. The van der Waals surface area contributed by atoms with Gasteiger partial charge >= 0.3 is 39.5 Å². The van der Waals surface area contributed by atoms with Gasteiger partial charge in [0.05, 0.1) is 26.4 Å². The molecule has 0 amide bonds. The molecular formula is C77H150O17P2. The van der Waals surface area contributed by atoms with Crippen LogP contribution >= 0.6 is 15.6 Å². The third-order valence-electron chi connectivity index (χ3n) is 18.6. The van der Waals surface area contributed by atoms with Gasteiger partial charge in [0.2, 0.25) is 0 Å². The van der Waals surface area contributed by atoms with E-state index in [0.29, 0.717) is 31.6 Å². The van der Waals surface area contributed by atoms with Crippen LogP contribution in [0.2, 0.25) is 0 Å². The smallest absolute Gasteiger partial charge is 0.462 e. The van der Waals surface area contributed by atoms with Crippen molar-refractivity contribution in [1.29, 1.82) is 0 Å². The van der Waals surface area contributed by atoms with Crippen molar-refractivity contribution in [3.63, 3.8) is 0 Å². The number of hydrogen-bond donors (Lipinski definition) is 3. The van der Waals surface area contributed by atoms with Crippen LogP contribution in [0.5, 0.6) is 0 Å². The predicted octanol–water partition coefficient (Wildman–Crippen LogP) is 22.6. The normalized spacial score (nSPS) is 14.6. The van der Waals surface area contributed by atoms with Crippen molar-refractivity contribution >= 4 is 39.5 Å². The van der Waals surface area contributed by atoms with E-state index in [0.717, 1.165) is 108 Å². The van der Waals surface area contributed by atoms with Crippen LogP contribution in [0, 0.1) is 17.8 Å². The van der Waals surface area contributed by atoms with E-state index in [9.17, 15) is 43.2 Å². The Labute approximate surface area is 588 Å². The molecule has 96 heavy (non-hydrogen) atoms. The molecular weight excluding hydrogens is 1260 g/mol. The van der Waals surface area contributed by atoms with Gasteiger partial charge in [-0.1, -0.05) is 344 Å². The molecule has 0 rings (SSSR count). The summed E-state index contributed by atoms with van der Waals surface area (Å²) in [6.45, 7) is 11.8. The summed E-state index contributed by atoms with van der Waals surface area (Å²) in [5.74, 6) is 0.127. The van der Waals surface area contributed by atoms with Gasteiger partial charge in [-0.3, -0.25) is 37.3 Å². The third kappa shape index (κ3) is 67.9. The third-order valence-corrected chi connectivity index (χ3v) is 20.5. The zero-order valence-corrected chi connectivity index (χ0v) is 64.6. The lowest BCUT2D eigenvalue weighted by molar-refractivity contribution is -0.161. The quantitative estimate of drug-likeness (QED) is 0.0222. The fourth-order valence-corrected chi connectivity index (χ4v) is 13.3. The molecule has 570 valence electrons. The summed E-state index contributed by atoms with van der Waals surface area (Å²) in [6.07, 6.45) is 54.4. The summed E-state index contributed by atoms with van der Waals surface area (Å²) in [5.41, 5.74) is 0. The summed E-state index contributed by atoms with van der Waals surface area (Å²) < 4.78 is 68.5. The topological polar surface area (TPSA) is 237 Å². The van der Waals surface area contributed by atoms with Crippen molar-refractivity contribution in [3.8, 4) is 0 Å². The van der Waals surface area contributed by atoms with Gasteiger partial charge in [0.25, 0.3) is 0 Å². The second-order valence-electron chi connectivity index (χ2n) is 28.7. The zero-order valence-electron chi connectivity index (χ0n) is 62.8. The van der Waals surface area contributed by atoms with E-state index in [4.69, 9.17) is 37.0 Å². The van der Waals surface area contributed by atoms with Crippen LogP contribution in [0.3, 0.4) is 0 Å². The van der Waals surface area contributed by atoms with E-state index in [1.54, 1.807) is 0 Å². The number of ether oxygens (including phenoxy) is 4. The first-order valence-corrected chi connectivity index (χ1v) is 42.9. The molecule has 0 fully saturated rings. The van der Waals surface area contributed by atoms with Gasteiger partial charge in [-0.25, -0.2) is 9.13 Å². The lowest BCUT2D eigenvalue weighted by Gasteiger charge is -2.21. The molecule has 0 aliphatic carbocycles. The van der Waals surface area contributed by atoms with Gasteiger partial charge < -0.3 is 33.8 Å². The van der Waals surface area contributed by atoms with Crippen molar-refractivity contribution in [1.82, 2.24) is 0 Å². The second kappa shape index (κ2) is 67.5. The highest BCUT2D eigenvalue weighted by atomic mass is 31.2. The van der Waals surface area contributed by atoms with Crippen LogP contribution in [-0.4, -0.2) is 96.7 Å². The Hall–Kier alpha value is -1.94. The molecule has 0 aromatic rings. The predicted molar refractivity (Wildman–Crippen MR) is 391 cm³/mol. The number of hydrogen-bond acceptors (Lipinski definition) is 15. The molecule has 0 aromatic heterocycles. The van der Waals surface area contributed by atoms with Crippen molar-refractivity contribution < 1.29 is 80.2 Å². The molecule has 3 N–H and O–H groups in total. The summed E-state index contributed by atoms with van der Waals surface area (Å²) in [6, 6.07) is 0. The van der Waals surface area contributed by atoms with Crippen LogP contribution in [-0.2, 0) is 65.4 Å². The molecule has 0 heterocycles. The van der Waals surface area contributed by atoms with E-state index in [1.807, 2.05) is 0 Å². The number of aliphatic hydroxyl groups excluding tert-OH is 1. The number of aliphatic hydroxyl groups is 1. The van der Waals surface area contributed by atoms with E-state index in [1.165, 1.54) is 199 Å². The average molecular weight is 1410 g/mol. The first kappa shape index (κ1) is 94.1. The van der Waals surface area contributed by atoms with Crippen LogP contribution in [0.4, 0.5) is 0 Å². The standard InChI is InChI=1S/C77H150O17P2/c1-8-11-12-13-14-15-16-17-18-19-20-21-22-27-30-33-36-46-53-60-76(81)93-72(64-87-74(79)58-51-44-35-32-29-26-24-23-25-28-31-34-42-49-56-69(6)9-2)66-91-95(83,84)89-62-71(78)63-90-96(85,86)92-67-73(65-88-75(80)59-52-45-39-37-41-48-55-68(4)5)94-77(82)61-54-47-40-38-43-50-57-70(7)10-3/h68-73,78H,8-67H2,1-7H3,(H,83,84)(H,85,86)/t69?,70?,71-,72-,73-/m1/s1. The Bertz CT molecular complexity index is 1870. The average Bonchev–Trinajstić information content (AvgIpc) is 1.12. The number of carbonyl (C=O) groups is 4. The van der Waals surface area contributed by atoms with E-state index >= 15 is 0 Å². The lowest BCUT2D eigenvalue weighted by atomic mass is 9.99. The Morgan fingerprint density at radius 1 is 0.302 bits per heavy atom. The second-order valence-corrected chi connectivity index (χ2v) is 31.6. The first-order valence-electron chi connectivity index (χ1n) is 39.9. The van der Waals surface area contributed by atoms with Gasteiger partial charge in [-0.2, -0.15) is 0 Å². The number of esters is 4. The molecule has 0 aliphatic rings. The first-order chi connectivity index (χ1) is 46.3. The van der Waals surface area contributed by atoms with Crippen LogP contribution in [0.25, 0.3) is 0 Å². The molecule has 0 aliphatic heterocycles. The van der Waals surface area contributed by atoms with Crippen molar-refractivity contribution in [2.45, 2.75) is 414 Å². The maximum absolute atomic E-state index is 13.1. The Kier molecular flexibility index (Phi) is 66.2. The summed E-state index contributed by atoms with van der Waals surface area (Å²) in [5, 5.41) is 10.6. The zero-order chi connectivity index (χ0) is 70.9. The molecule has 7 atom stereocenters. The highest BCUT2D eigenvalue weighted by Crippen LogP contribution is 2.45. The van der Waals surface area contributed by atoms with E-state index in [2.05, 4.69) is 48.5 Å². The molecule has 19 heteroatoms. The number of unbranched alkanes of at least 4 members (excludes halogenated alkanes) is 41. The van der Waals surface area contributed by atoms with Crippen molar-refractivity contribution in [2.75, 3.05) is 39.6 Å². The van der Waals surface area contributed by atoms with Gasteiger partial charge in [0.15, 0.2) is 12.2 Å². The van der Waals surface area contributed by atoms with Crippen LogP contribution in [0.1, 0.15) is 395 Å². The summed E-state index contributed by atoms with van der Waals surface area (Å²) >= 11 is 0. The van der Waals surface area contributed by atoms with Gasteiger partial charge in [-0.15, -0.1) is 0 Å². The molecule has 0 saturated carbocycles. The molecule has 0 spiro atoms. The maximum Gasteiger partial charge on any atom is 0.472 e. The van der Waals surface area contributed by atoms with Gasteiger partial charge in [0, 0.05) is 25.7 Å². The Balaban J connectivity index is 5.21. The van der Waals surface area contributed by atoms with Gasteiger partial charge in [-0.05, 0) is 43.4 Å². The number of phosphoric acid groups is 2. The van der Waals surface area contributed by atoms with Crippen molar-refractivity contribution in [3.05, 3.63) is 0 Å². The monoisotopic (exact) mass is 1410 g/mol. The molecule has 0 aromatic carbocycles. The molecule has 4 unspecified atom stereocenters. The number of rotatable bonds is 75. The van der Waals surface area contributed by atoms with Crippen LogP contribution < -0.4 is 0 Å². The van der Waals surface area contributed by atoms with E-state index in [-0.39, 0.29) is 25.7 Å². The largest absolute Gasteiger partial charge is 0.472 e. The van der Waals surface area contributed by atoms with E-state index < -0.39 is 97.5 Å². The fourth-order valence-electron chi connectivity index (χ4n) is 11.7. The molecule has 0 saturated heterocycles. The molecule has 0 radical (unpaired) electrons. The number of phosphoric ester groups is 2. The summed E-state index contributed by atoms with van der Waals surface area (Å²) in [7, 11) is -9.91. The summed E-state index contributed by atoms with van der Waals surface area (Å²) in [4.78, 5) is 72.8. The maximum atomic E-state index is 13.1. The SMILES string of the molecule is CCCCCCCCCCCCCCCCCCCCCC(=O)O[C@H](COC(=O)CCCCCCCCCCCCCCCCC(C)CC)COP(=O)(O)OC[C@@H](O)COP(=O)(O)OC[C@@H](COC(=O)CCCCCCCCC(C)C)OC(=O)CCCCCCCCC(C)CC. The minimum absolute atomic E-state index is 0.102. The Morgan fingerprint density at radius 2 is 0.531 bits per heavy atom. The van der Waals surface area contributed by atoms with Gasteiger partial charge in [0.1, 0.15) is 19.3 Å². The van der Waals surface area contributed by atoms with Crippen molar-refractivity contribution in [2.24, 2.45) is 17.8 Å².